The van der Waals surface area contributed by atoms with Gasteiger partial charge in [-0.3, -0.25) is 4.79 Å². The molecule has 0 radical (unpaired) electrons. The Bertz CT molecular complexity index is 654. The van der Waals surface area contributed by atoms with Crippen LogP contribution < -0.4 is 4.74 Å². The van der Waals surface area contributed by atoms with E-state index in [0.29, 0.717) is 13.1 Å². The molecule has 0 saturated carbocycles. The Hall–Kier alpha value is -0.980. The zero-order valence-electron chi connectivity index (χ0n) is 11.4. The first-order chi connectivity index (χ1) is 9.84. The monoisotopic (exact) mass is 351 g/mol. The van der Waals surface area contributed by atoms with Gasteiger partial charge in [0.25, 0.3) is 15.0 Å². The molecule has 1 aliphatic rings. The highest BCUT2D eigenvalue weighted by Crippen LogP contribution is 2.34. The predicted octanol–water partition coefficient (Wildman–Crippen LogP) is 2.90. The van der Waals surface area contributed by atoms with Crippen molar-refractivity contribution in [2.45, 2.75) is 24.2 Å². The summed E-state index contributed by atoms with van der Waals surface area (Å²) in [5.74, 6) is -0.361. The highest BCUT2D eigenvalue weighted by molar-refractivity contribution is 8.13. The molecule has 0 aliphatic carbocycles. The van der Waals surface area contributed by atoms with Crippen LogP contribution in [0.15, 0.2) is 17.0 Å². The van der Waals surface area contributed by atoms with Crippen LogP contribution in [-0.2, 0) is 9.05 Å². The Kier molecular flexibility index (Phi) is 5.01. The van der Waals surface area contributed by atoms with Crippen LogP contribution >= 0.6 is 22.3 Å². The molecule has 8 heteroatoms. The van der Waals surface area contributed by atoms with Gasteiger partial charge in [-0.25, -0.2) is 8.42 Å². The fraction of sp³-hybridized carbons (Fsp3) is 0.462. The number of hydrogen-bond acceptors (Lipinski definition) is 4. The average Bonchev–Trinajstić information content (AvgIpc) is 2.45. The van der Waals surface area contributed by atoms with Crippen LogP contribution in [-0.4, -0.2) is 39.4 Å². The van der Waals surface area contributed by atoms with Crippen LogP contribution in [0.2, 0.25) is 5.02 Å². The topological polar surface area (TPSA) is 63.7 Å². The van der Waals surface area contributed by atoms with Crippen molar-refractivity contribution in [1.29, 1.82) is 0 Å². The van der Waals surface area contributed by atoms with Gasteiger partial charge in [-0.15, -0.1) is 0 Å². The van der Waals surface area contributed by atoms with E-state index in [4.69, 9.17) is 27.0 Å². The number of rotatable bonds is 3. The molecule has 0 unspecified atom stereocenters. The summed E-state index contributed by atoms with van der Waals surface area (Å²) in [6.07, 6.45) is 2.93. The lowest BCUT2D eigenvalue weighted by molar-refractivity contribution is 0.0720. The molecule has 5 nitrogen and oxygen atoms in total. The van der Waals surface area contributed by atoms with E-state index in [1.165, 1.54) is 19.2 Å². The molecular weight excluding hydrogens is 337 g/mol. The van der Waals surface area contributed by atoms with E-state index in [1.54, 1.807) is 4.90 Å². The number of ether oxygens (including phenoxy) is 1. The second-order valence-corrected chi connectivity index (χ2v) is 7.75. The molecule has 1 heterocycles. The second kappa shape index (κ2) is 6.42. The SMILES string of the molecule is COc1c(C(=O)N2CCCCC2)cc(Cl)cc1S(=O)(=O)Cl. The van der Waals surface area contributed by atoms with Crippen LogP contribution in [0.5, 0.6) is 5.75 Å². The van der Waals surface area contributed by atoms with Crippen LogP contribution in [0.25, 0.3) is 0 Å². The minimum absolute atomic E-state index is 0.0648. The average molecular weight is 352 g/mol. The van der Waals surface area contributed by atoms with Gasteiger partial charge in [0.2, 0.25) is 0 Å². The van der Waals surface area contributed by atoms with Crippen molar-refractivity contribution >= 4 is 37.2 Å². The fourth-order valence-corrected chi connectivity index (χ4v) is 3.70. The van der Waals surface area contributed by atoms with Gasteiger partial charge in [0, 0.05) is 28.8 Å². The van der Waals surface area contributed by atoms with Gasteiger partial charge in [0.1, 0.15) is 4.90 Å². The largest absolute Gasteiger partial charge is 0.494 e. The van der Waals surface area contributed by atoms with E-state index >= 15 is 0 Å². The molecule has 0 spiro atoms. The van der Waals surface area contributed by atoms with E-state index < -0.39 is 9.05 Å². The highest BCUT2D eigenvalue weighted by atomic mass is 35.7. The second-order valence-electron chi connectivity index (χ2n) is 4.78. The van der Waals surface area contributed by atoms with E-state index in [0.717, 1.165) is 19.3 Å². The molecule has 21 heavy (non-hydrogen) atoms. The van der Waals surface area contributed by atoms with Gasteiger partial charge in [0.15, 0.2) is 5.75 Å². The molecule has 0 aromatic heterocycles. The minimum Gasteiger partial charge on any atom is -0.494 e. The number of hydrogen-bond donors (Lipinski definition) is 0. The third-order valence-corrected chi connectivity index (χ3v) is 4.91. The van der Waals surface area contributed by atoms with E-state index in [2.05, 4.69) is 0 Å². The summed E-state index contributed by atoms with van der Waals surface area (Å²) in [5, 5.41) is 0.121. The predicted molar refractivity (Wildman–Crippen MR) is 80.8 cm³/mol. The van der Waals surface area contributed by atoms with Gasteiger partial charge in [-0.2, -0.15) is 0 Å². The lowest BCUT2D eigenvalue weighted by Crippen LogP contribution is -2.35. The van der Waals surface area contributed by atoms with Crippen LogP contribution in [0.3, 0.4) is 0 Å². The Morgan fingerprint density at radius 3 is 2.38 bits per heavy atom. The molecule has 1 amide bonds. The zero-order chi connectivity index (χ0) is 15.6. The Morgan fingerprint density at radius 1 is 1.24 bits per heavy atom. The number of amides is 1. The van der Waals surface area contributed by atoms with Crippen molar-refractivity contribution in [3.8, 4) is 5.75 Å². The number of carbonyl (C=O) groups is 1. The summed E-state index contributed by atoms with van der Waals surface area (Å²) in [6, 6.07) is 2.58. The highest BCUT2D eigenvalue weighted by Gasteiger charge is 2.27. The van der Waals surface area contributed by atoms with Crippen molar-refractivity contribution in [2.24, 2.45) is 0 Å². The van der Waals surface area contributed by atoms with Crippen LogP contribution in [0.1, 0.15) is 29.6 Å². The molecule has 2 rings (SSSR count). The minimum atomic E-state index is -4.06. The summed E-state index contributed by atoms with van der Waals surface area (Å²) >= 11 is 5.92. The first kappa shape index (κ1) is 16.4. The fourth-order valence-electron chi connectivity index (χ4n) is 2.39. The molecule has 0 atom stereocenters. The summed E-state index contributed by atoms with van der Waals surface area (Å²) in [7, 11) is 2.62. The van der Waals surface area contributed by atoms with Gasteiger partial charge in [-0.05, 0) is 31.4 Å². The molecule has 1 aromatic rings. The lowest BCUT2D eigenvalue weighted by atomic mass is 10.1. The van der Waals surface area contributed by atoms with Crippen molar-refractivity contribution in [2.75, 3.05) is 20.2 Å². The molecule has 1 saturated heterocycles. The standard InChI is InChI=1S/C13H15Cl2NO4S/c1-20-12-10(13(17)16-5-3-2-4-6-16)7-9(14)8-11(12)21(15,18)19/h7-8H,2-6H2,1H3. The number of piperidine rings is 1. The summed E-state index contributed by atoms with van der Waals surface area (Å²) in [5.41, 5.74) is 0.117. The van der Waals surface area contributed by atoms with Gasteiger partial charge >= 0.3 is 0 Å². The number of halogens is 2. The molecule has 1 aliphatic heterocycles. The molecule has 116 valence electrons. The lowest BCUT2D eigenvalue weighted by Gasteiger charge is -2.27. The van der Waals surface area contributed by atoms with E-state index in [9.17, 15) is 13.2 Å². The number of benzene rings is 1. The van der Waals surface area contributed by atoms with Crippen molar-refractivity contribution in [3.05, 3.63) is 22.7 Å². The van der Waals surface area contributed by atoms with E-state index in [-0.39, 0.29) is 27.1 Å². The maximum atomic E-state index is 12.6. The van der Waals surface area contributed by atoms with Crippen LogP contribution in [0.4, 0.5) is 0 Å². The summed E-state index contributed by atoms with van der Waals surface area (Å²) < 4.78 is 28.3. The first-order valence-electron chi connectivity index (χ1n) is 6.46. The van der Waals surface area contributed by atoms with Gasteiger partial charge in [0.05, 0.1) is 12.7 Å². The zero-order valence-corrected chi connectivity index (χ0v) is 13.8. The number of likely N-dealkylation sites (tertiary alicyclic amines) is 1. The van der Waals surface area contributed by atoms with Crippen molar-refractivity contribution in [3.63, 3.8) is 0 Å². The third kappa shape index (κ3) is 3.62. The quantitative estimate of drug-likeness (QED) is 0.785. The maximum Gasteiger partial charge on any atom is 0.265 e. The molecule has 1 fully saturated rings. The van der Waals surface area contributed by atoms with Crippen LogP contribution in [0, 0.1) is 0 Å². The molecule has 1 aromatic carbocycles. The Morgan fingerprint density at radius 2 is 1.86 bits per heavy atom. The Balaban J connectivity index is 2.52. The summed E-state index contributed by atoms with van der Waals surface area (Å²) in [4.78, 5) is 13.9. The summed E-state index contributed by atoms with van der Waals surface area (Å²) in [6.45, 7) is 1.27. The third-order valence-electron chi connectivity index (χ3n) is 3.36. The number of carbonyl (C=O) groups excluding carboxylic acids is 1. The normalized spacial score (nSPS) is 15.9. The molecule has 0 N–H and O–H groups in total. The van der Waals surface area contributed by atoms with Crippen molar-refractivity contribution in [1.82, 2.24) is 4.90 Å². The molecule has 0 bridgehead atoms. The number of methoxy groups -OCH3 is 1. The van der Waals surface area contributed by atoms with E-state index in [1.807, 2.05) is 0 Å². The van der Waals surface area contributed by atoms with Crippen molar-refractivity contribution < 1.29 is 17.9 Å². The smallest absolute Gasteiger partial charge is 0.265 e. The first-order valence-corrected chi connectivity index (χ1v) is 9.15. The van der Waals surface area contributed by atoms with Gasteiger partial charge in [-0.1, -0.05) is 11.6 Å². The number of nitrogens with zero attached hydrogens (tertiary/aromatic N) is 1. The molecular formula is C13H15Cl2NO4S. The Labute approximate surface area is 133 Å². The van der Waals surface area contributed by atoms with Gasteiger partial charge < -0.3 is 9.64 Å². The maximum absolute atomic E-state index is 12.6.